The van der Waals surface area contributed by atoms with Gasteiger partial charge >= 0.3 is 0 Å². The van der Waals surface area contributed by atoms with Crippen molar-refractivity contribution in [2.45, 2.75) is 37.8 Å². The largest absolute Gasteiger partial charge is 0.369 e. The molecule has 0 radical (unpaired) electrons. The highest BCUT2D eigenvalue weighted by atomic mass is 32.2. The summed E-state index contributed by atoms with van der Waals surface area (Å²) in [5.74, 6) is 0.430. The van der Waals surface area contributed by atoms with Crippen LogP contribution in [0.15, 0.2) is 23.2 Å². The summed E-state index contributed by atoms with van der Waals surface area (Å²) < 4.78 is 27.4. The van der Waals surface area contributed by atoms with E-state index in [2.05, 4.69) is 15.2 Å². The number of anilines is 1. The molecule has 0 spiro atoms. The van der Waals surface area contributed by atoms with E-state index in [-0.39, 0.29) is 17.0 Å². The first-order valence-corrected chi connectivity index (χ1v) is 8.73. The second-order valence-electron chi connectivity index (χ2n) is 5.57. The summed E-state index contributed by atoms with van der Waals surface area (Å²) in [5, 5.41) is 3.03. The molecular formula is C14H24N4O2S. The summed E-state index contributed by atoms with van der Waals surface area (Å²) in [6.45, 7) is 7.66. The van der Waals surface area contributed by atoms with Gasteiger partial charge in [-0.25, -0.2) is 13.4 Å². The lowest BCUT2D eigenvalue weighted by molar-refractivity contribution is 0.105. The zero-order valence-electron chi connectivity index (χ0n) is 13.1. The van der Waals surface area contributed by atoms with Gasteiger partial charge in [0.15, 0.2) is 0 Å². The predicted molar refractivity (Wildman–Crippen MR) is 83.8 cm³/mol. The van der Waals surface area contributed by atoms with Crippen LogP contribution >= 0.6 is 0 Å². The van der Waals surface area contributed by atoms with Gasteiger partial charge in [-0.15, -0.1) is 0 Å². The Balaban J connectivity index is 2.34. The van der Waals surface area contributed by atoms with E-state index in [9.17, 15) is 8.42 Å². The fraction of sp³-hybridized carbons (Fsp3) is 0.643. The number of hydrogen-bond donors (Lipinski definition) is 1. The van der Waals surface area contributed by atoms with Crippen LogP contribution in [-0.4, -0.2) is 61.4 Å². The van der Waals surface area contributed by atoms with E-state index in [0.717, 1.165) is 0 Å². The number of hydrogen-bond acceptors (Lipinski definition) is 5. The summed E-state index contributed by atoms with van der Waals surface area (Å²) in [6.07, 6.45) is 1.60. The Morgan fingerprint density at radius 1 is 1.33 bits per heavy atom. The van der Waals surface area contributed by atoms with Crippen LogP contribution in [0.3, 0.4) is 0 Å². The van der Waals surface area contributed by atoms with E-state index in [1.807, 2.05) is 27.8 Å². The van der Waals surface area contributed by atoms with Crippen LogP contribution in [0.2, 0.25) is 0 Å². The van der Waals surface area contributed by atoms with Crippen molar-refractivity contribution < 1.29 is 8.42 Å². The molecule has 1 saturated heterocycles. The molecule has 0 aromatic carbocycles. The molecule has 1 aliphatic rings. The van der Waals surface area contributed by atoms with Gasteiger partial charge < -0.3 is 5.32 Å². The Morgan fingerprint density at radius 2 is 1.95 bits per heavy atom. The second kappa shape index (κ2) is 6.29. The number of rotatable bonds is 4. The minimum absolute atomic E-state index is 0.197. The summed E-state index contributed by atoms with van der Waals surface area (Å²) in [5.41, 5.74) is 0. The zero-order chi connectivity index (χ0) is 15.6. The van der Waals surface area contributed by atoms with E-state index in [0.29, 0.717) is 25.5 Å². The van der Waals surface area contributed by atoms with Crippen LogP contribution in [0.4, 0.5) is 5.82 Å². The number of nitrogens with zero attached hydrogens (tertiary/aromatic N) is 3. The molecule has 2 atom stereocenters. The Morgan fingerprint density at radius 3 is 2.52 bits per heavy atom. The lowest BCUT2D eigenvalue weighted by Crippen LogP contribution is -2.56. The number of aromatic nitrogens is 1. The van der Waals surface area contributed by atoms with Crippen LogP contribution in [0.25, 0.3) is 0 Å². The molecule has 1 aromatic heterocycles. The van der Waals surface area contributed by atoms with Gasteiger partial charge in [0.25, 0.3) is 0 Å². The number of sulfonamides is 1. The van der Waals surface area contributed by atoms with Crippen molar-refractivity contribution in [2.75, 3.05) is 32.0 Å². The minimum Gasteiger partial charge on any atom is -0.369 e. The first kappa shape index (κ1) is 16.2. The van der Waals surface area contributed by atoms with Crippen molar-refractivity contribution in [3.05, 3.63) is 18.3 Å². The molecule has 2 rings (SSSR count). The molecule has 1 N–H and O–H groups in total. The summed E-state index contributed by atoms with van der Waals surface area (Å²) in [6, 6.07) is 3.68. The Bertz CT molecular complexity index is 578. The predicted octanol–water partition coefficient (Wildman–Crippen LogP) is 1.23. The summed E-state index contributed by atoms with van der Waals surface area (Å²) in [7, 11) is -1.49. The monoisotopic (exact) mass is 312 g/mol. The van der Waals surface area contributed by atoms with Gasteiger partial charge in [0.05, 0.1) is 0 Å². The number of pyridine rings is 1. The first-order chi connectivity index (χ1) is 9.87. The van der Waals surface area contributed by atoms with Gasteiger partial charge in [-0.05, 0) is 40.0 Å². The fourth-order valence-corrected chi connectivity index (χ4v) is 4.31. The molecule has 21 heavy (non-hydrogen) atoms. The van der Waals surface area contributed by atoms with Gasteiger partial charge in [-0.1, -0.05) is 0 Å². The molecule has 0 saturated carbocycles. The average molecular weight is 312 g/mol. The molecule has 1 fully saturated rings. The molecule has 0 amide bonds. The van der Waals surface area contributed by atoms with E-state index < -0.39 is 10.0 Å². The Kier molecular flexibility index (Phi) is 4.85. The molecule has 0 aliphatic carbocycles. The Hall–Kier alpha value is -1.18. The second-order valence-corrected chi connectivity index (χ2v) is 7.47. The first-order valence-electron chi connectivity index (χ1n) is 7.29. The van der Waals surface area contributed by atoms with E-state index >= 15 is 0 Å². The van der Waals surface area contributed by atoms with Crippen LogP contribution in [0.5, 0.6) is 0 Å². The standard InChI is InChI=1S/C14H24N4O2S/c1-5-15-14-13(7-6-8-16-14)21(19,20)18-9-11(2)17(4)12(3)10-18/h6-8,11-12H,5,9-10H2,1-4H3,(H,15,16). The molecule has 1 aliphatic heterocycles. The van der Waals surface area contributed by atoms with Gasteiger partial charge in [0.1, 0.15) is 10.7 Å². The quantitative estimate of drug-likeness (QED) is 0.906. The average Bonchev–Trinajstić information content (AvgIpc) is 2.45. The van der Waals surface area contributed by atoms with Crippen LogP contribution in [0, 0.1) is 0 Å². The van der Waals surface area contributed by atoms with E-state index in [1.54, 1.807) is 22.6 Å². The van der Waals surface area contributed by atoms with Crippen molar-refractivity contribution >= 4 is 15.8 Å². The number of piperazine rings is 1. The third kappa shape index (κ3) is 3.20. The summed E-state index contributed by atoms with van der Waals surface area (Å²) >= 11 is 0. The zero-order valence-corrected chi connectivity index (χ0v) is 13.9. The van der Waals surface area contributed by atoms with Gasteiger partial charge in [0, 0.05) is 37.9 Å². The topological polar surface area (TPSA) is 65.5 Å². The molecule has 118 valence electrons. The molecule has 2 heterocycles. The minimum atomic E-state index is -3.52. The van der Waals surface area contributed by atoms with Crippen molar-refractivity contribution in [3.63, 3.8) is 0 Å². The van der Waals surface area contributed by atoms with E-state index in [1.165, 1.54) is 0 Å². The molecule has 6 nitrogen and oxygen atoms in total. The highest BCUT2D eigenvalue weighted by Crippen LogP contribution is 2.25. The smallest absolute Gasteiger partial charge is 0.246 e. The fourth-order valence-electron chi connectivity index (χ4n) is 2.59. The van der Waals surface area contributed by atoms with Gasteiger partial charge in [-0.3, -0.25) is 4.90 Å². The third-order valence-electron chi connectivity index (χ3n) is 4.06. The van der Waals surface area contributed by atoms with Crippen molar-refractivity contribution in [2.24, 2.45) is 0 Å². The maximum Gasteiger partial charge on any atom is 0.246 e. The number of likely N-dealkylation sites (N-methyl/N-ethyl adjacent to an activating group) is 1. The molecule has 7 heteroatoms. The maximum atomic E-state index is 12.9. The maximum absolute atomic E-state index is 12.9. The third-order valence-corrected chi connectivity index (χ3v) is 5.92. The SMILES string of the molecule is CCNc1ncccc1S(=O)(=O)N1CC(C)N(C)C(C)C1. The van der Waals surface area contributed by atoms with Crippen molar-refractivity contribution in [1.29, 1.82) is 0 Å². The molecule has 1 aromatic rings. The van der Waals surface area contributed by atoms with Crippen molar-refractivity contribution in [3.8, 4) is 0 Å². The van der Waals surface area contributed by atoms with Crippen LogP contribution in [-0.2, 0) is 10.0 Å². The lowest BCUT2D eigenvalue weighted by Gasteiger charge is -2.41. The molecule has 0 bridgehead atoms. The normalized spacial score (nSPS) is 25.0. The van der Waals surface area contributed by atoms with E-state index in [4.69, 9.17) is 0 Å². The number of nitrogens with one attached hydrogen (secondary N) is 1. The summed E-state index contributed by atoms with van der Waals surface area (Å²) in [4.78, 5) is 6.62. The van der Waals surface area contributed by atoms with Crippen LogP contribution in [0.1, 0.15) is 20.8 Å². The van der Waals surface area contributed by atoms with Gasteiger partial charge in [-0.2, -0.15) is 4.31 Å². The van der Waals surface area contributed by atoms with Crippen LogP contribution < -0.4 is 5.32 Å². The van der Waals surface area contributed by atoms with Crippen molar-refractivity contribution in [1.82, 2.24) is 14.2 Å². The molecular weight excluding hydrogens is 288 g/mol. The highest BCUT2D eigenvalue weighted by Gasteiger charge is 2.35. The highest BCUT2D eigenvalue weighted by molar-refractivity contribution is 7.89. The lowest BCUT2D eigenvalue weighted by atomic mass is 10.1. The molecule has 2 unspecified atom stereocenters. The van der Waals surface area contributed by atoms with Gasteiger partial charge in [0.2, 0.25) is 10.0 Å². The Labute approximate surface area is 127 Å².